The summed E-state index contributed by atoms with van der Waals surface area (Å²) in [4.78, 5) is 0. The van der Waals surface area contributed by atoms with Gasteiger partial charge in [0.1, 0.15) is 18.5 Å². The summed E-state index contributed by atoms with van der Waals surface area (Å²) in [5.74, 6) is 0.839. The Hall–Kier alpha value is -1.06. The predicted molar refractivity (Wildman–Crippen MR) is 54.6 cm³/mol. The Kier molecular flexibility index (Phi) is 2.44. The molecule has 2 N–H and O–H groups in total. The van der Waals surface area contributed by atoms with E-state index in [-0.39, 0.29) is 5.54 Å². The number of allylic oxidation sites excluding steroid dienone is 3. The third-order valence-corrected chi connectivity index (χ3v) is 2.16. The van der Waals surface area contributed by atoms with E-state index >= 15 is 0 Å². The number of rotatable bonds is 3. The van der Waals surface area contributed by atoms with Crippen molar-refractivity contribution in [1.82, 2.24) is 0 Å². The molecule has 1 fully saturated rings. The van der Waals surface area contributed by atoms with Gasteiger partial charge in [0.05, 0.1) is 12.1 Å². The maximum absolute atomic E-state index is 5.92. The standard InChI is InChI=1S/C11H15NO2/c1-11(12)5-2-3-9(4-6-11)13-7-10-8-14-10/h2-6,10H,7-8,12H2,1H3. The smallest absolute Gasteiger partial charge is 0.119 e. The molecule has 1 saturated heterocycles. The number of epoxide rings is 1. The van der Waals surface area contributed by atoms with Crippen molar-refractivity contribution < 1.29 is 9.47 Å². The normalized spacial score (nSPS) is 35.0. The minimum Gasteiger partial charge on any atom is -0.491 e. The highest BCUT2D eigenvalue weighted by Gasteiger charge is 2.23. The van der Waals surface area contributed by atoms with Gasteiger partial charge in [0.15, 0.2) is 0 Å². The van der Waals surface area contributed by atoms with E-state index in [0.29, 0.717) is 12.7 Å². The van der Waals surface area contributed by atoms with Gasteiger partial charge in [0.25, 0.3) is 0 Å². The quantitative estimate of drug-likeness (QED) is 0.683. The molecule has 0 aromatic rings. The van der Waals surface area contributed by atoms with Gasteiger partial charge in [-0.1, -0.05) is 18.2 Å². The lowest BCUT2D eigenvalue weighted by molar-refractivity contribution is 0.193. The average molecular weight is 193 g/mol. The summed E-state index contributed by atoms with van der Waals surface area (Å²) in [5, 5.41) is 0. The fourth-order valence-electron chi connectivity index (χ4n) is 1.17. The molecular formula is C11H15NO2. The third kappa shape index (κ3) is 2.72. The van der Waals surface area contributed by atoms with Crippen molar-refractivity contribution in [3.05, 3.63) is 36.1 Å². The molecule has 0 amide bonds. The molecule has 0 aromatic carbocycles. The van der Waals surface area contributed by atoms with E-state index in [0.717, 1.165) is 12.4 Å². The Balaban J connectivity index is 1.92. The molecule has 76 valence electrons. The summed E-state index contributed by atoms with van der Waals surface area (Å²) < 4.78 is 10.6. The van der Waals surface area contributed by atoms with Crippen LogP contribution in [-0.2, 0) is 9.47 Å². The highest BCUT2D eigenvalue weighted by Crippen LogP contribution is 2.15. The zero-order valence-corrected chi connectivity index (χ0v) is 8.27. The third-order valence-electron chi connectivity index (χ3n) is 2.16. The van der Waals surface area contributed by atoms with Gasteiger partial charge in [-0.15, -0.1) is 0 Å². The Morgan fingerprint density at radius 2 is 2.43 bits per heavy atom. The lowest BCUT2D eigenvalue weighted by atomic mass is 10.0. The van der Waals surface area contributed by atoms with Crippen molar-refractivity contribution in [2.75, 3.05) is 13.2 Å². The minimum atomic E-state index is -0.377. The summed E-state index contributed by atoms with van der Waals surface area (Å²) in [5.41, 5.74) is 5.54. The van der Waals surface area contributed by atoms with Crippen LogP contribution in [0.3, 0.4) is 0 Å². The fraction of sp³-hybridized carbons (Fsp3) is 0.455. The molecule has 14 heavy (non-hydrogen) atoms. The summed E-state index contributed by atoms with van der Waals surface area (Å²) in [7, 11) is 0. The van der Waals surface area contributed by atoms with Gasteiger partial charge in [-0.05, 0) is 19.1 Å². The number of hydrogen-bond acceptors (Lipinski definition) is 3. The second-order valence-corrected chi connectivity index (χ2v) is 3.89. The van der Waals surface area contributed by atoms with Crippen LogP contribution < -0.4 is 5.73 Å². The molecule has 2 aliphatic rings. The van der Waals surface area contributed by atoms with E-state index in [1.807, 2.05) is 37.3 Å². The zero-order chi connectivity index (χ0) is 10.0. The van der Waals surface area contributed by atoms with Gasteiger partial charge in [-0.25, -0.2) is 0 Å². The van der Waals surface area contributed by atoms with Crippen molar-refractivity contribution in [3.63, 3.8) is 0 Å². The predicted octanol–water partition coefficient (Wildman–Crippen LogP) is 1.13. The second kappa shape index (κ2) is 3.59. The van der Waals surface area contributed by atoms with Crippen LogP contribution in [0.15, 0.2) is 36.1 Å². The minimum absolute atomic E-state index is 0.292. The van der Waals surface area contributed by atoms with Crippen LogP contribution in [0.5, 0.6) is 0 Å². The Morgan fingerprint density at radius 3 is 3.14 bits per heavy atom. The molecule has 1 aliphatic heterocycles. The zero-order valence-electron chi connectivity index (χ0n) is 8.27. The van der Waals surface area contributed by atoms with Crippen molar-refractivity contribution in [3.8, 4) is 0 Å². The van der Waals surface area contributed by atoms with Crippen LogP contribution in [0.4, 0.5) is 0 Å². The van der Waals surface area contributed by atoms with Crippen molar-refractivity contribution in [1.29, 1.82) is 0 Å². The summed E-state index contributed by atoms with van der Waals surface area (Å²) >= 11 is 0. The molecule has 0 aromatic heterocycles. The second-order valence-electron chi connectivity index (χ2n) is 3.89. The van der Waals surface area contributed by atoms with E-state index in [9.17, 15) is 0 Å². The van der Waals surface area contributed by atoms with Crippen LogP contribution in [0.1, 0.15) is 6.92 Å². The Morgan fingerprint density at radius 1 is 1.64 bits per heavy atom. The molecule has 3 heteroatoms. The molecule has 2 atom stereocenters. The molecule has 2 unspecified atom stereocenters. The lowest BCUT2D eigenvalue weighted by Crippen LogP contribution is -2.30. The molecule has 1 heterocycles. The van der Waals surface area contributed by atoms with E-state index in [2.05, 4.69) is 0 Å². The largest absolute Gasteiger partial charge is 0.491 e. The number of hydrogen-bond donors (Lipinski definition) is 1. The van der Waals surface area contributed by atoms with Gasteiger partial charge in [-0.2, -0.15) is 0 Å². The first-order chi connectivity index (χ1) is 6.66. The first kappa shape index (κ1) is 9.49. The highest BCUT2D eigenvalue weighted by molar-refractivity contribution is 5.30. The van der Waals surface area contributed by atoms with Crippen LogP contribution in [-0.4, -0.2) is 24.9 Å². The Bertz CT molecular complexity index is 298. The van der Waals surface area contributed by atoms with Crippen molar-refractivity contribution in [2.45, 2.75) is 18.6 Å². The van der Waals surface area contributed by atoms with Crippen molar-refractivity contribution >= 4 is 0 Å². The van der Waals surface area contributed by atoms with Crippen LogP contribution in [0, 0.1) is 0 Å². The van der Waals surface area contributed by atoms with E-state index in [1.165, 1.54) is 0 Å². The Labute approximate surface area is 83.9 Å². The van der Waals surface area contributed by atoms with Gasteiger partial charge < -0.3 is 15.2 Å². The van der Waals surface area contributed by atoms with Crippen LogP contribution >= 0.6 is 0 Å². The molecule has 0 saturated carbocycles. The lowest BCUT2D eigenvalue weighted by Gasteiger charge is -2.12. The molecule has 0 bridgehead atoms. The average Bonchev–Trinajstić information content (AvgIpc) is 2.90. The maximum Gasteiger partial charge on any atom is 0.119 e. The van der Waals surface area contributed by atoms with Gasteiger partial charge in [0.2, 0.25) is 0 Å². The summed E-state index contributed by atoms with van der Waals surface area (Å²) in [6.45, 7) is 3.40. The van der Waals surface area contributed by atoms with E-state index in [4.69, 9.17) is 15.2 Å². The fourth-order valence-corrected chi connectivity index (χ4v) is 1.17. The van der Waals surface area contributed by atoms with Gasteiger partial charge >= 0.3 is 0 Å². The van der Waals surface area contributed by atoms with Gasteiger partial charge in [0, 0.05) is 0 Å². The number of nitrogens with two attached hydrogens (primary N) is 1. The first-order valence-corrected chi connectivity index (χ1v) is 4.78. The van der Waals surface area contributed by atoms with E-state index < -0.39 is 0 Å². The van der Waals surface area contributed by atoms with Crippen LogP contribution in [0.2, 0.25) is 0 Å². The summed E-state index contributed by atoms with van der Waals surface area (Å²) in [6.07, 6.45) is 9.90. The highest BCUT2D eigenvalue weighted by atomic mass is 16.6. The maximum atomic E-state index is 5.92. The molecule has 0 spiro atoms. The first-order valence-electron chi connectivity index (χ1n) is 4.78. The van der Waals surface area contributed by atoms with Crippen LogP contribution in [0.25, 0.3) is 0 Å². The summed E-state index contributed by atoms with van der Waals surface area (Å²) in [6, 6.07) is 0. The molecule has 0 radical (unpaired) electrons. The topological polar surface area (TPSA) is 47.8 Å². The SMILES string of the molecule is CC1(N)C=CC=C(OCC2CO2)C=C1. The molecular weight excluding hydrogens is 178 g/mol. The molecule has 2 rings (SSSR count). The molecule has 1 aliphatic carbocycles. The van der Waals surface area contributed by atoms with E-state index in [1.54, 1.807) is 0 Å². The van der Waals surface area contributed by atoms with Gasteiger partial charge in [-0.3, -0.25) is 0 Å². The van der Waals surface area contributed by atoms with Crippen molar-refractivity contribution in [2.24, 2.45) is 5.73 Å². The monoisotopic (exact) mass is 193 g/mol. The number of ether oxygens (including phenoxy) is 2. The molecule has 3 nitrogen and oxygen atoms in total.